The van der Waals surface area contributed by atoms with E-state index in [2.05, 4.69) is 27.7 Å². The Labute approximate surface area is 435 Å². The van der Waals surface area contributed by atoms with Crippen LogP contribution in [0.3, 0.4) is 0 Å². The van der Waals surface area contributed by atoms with Gasteiger partial charge >= 0.3 is 39.5 Å². The first-order valence-electron chi connectivity index (χ1n) is 28.3. The molecular formula is C53H102O17P2. The minimum absolute atomic E-state index is 0.0989. The van der Waals surface area contributed by atoms with Crippen LogP contribution in [0.15, 0.2) is 0 Å². The van der Waals surface area contributed by atoms with Crippen LogP contribution in [0.1, 0.15) is 259 Å². The van der Waals surface area contributed by atoms with Crippen molar-refractivity contribution in [1.29, 1.82) is 0 Å². The number of aliphatic hydroxyl groups is 1. The van der Waals surface area contributed by atoms with Crippen molar-refractivity contribution in [2.24, 2.45) is 0 Å². The van der Waals surface area contributed by atoms with Gasteiger partial charge in [0.25, 0.3) is 0 Å². The maximum atomic E-state index is 12.9. The SMILES string of the molecule is CCCCCCCCCCCCCC(=O)OC[C@H](COP(=O)(O)OC[C@@H](O)COP(=O)(O)OC[C@@H](COC(=O)CCCCCCC)OC(=O)CCCCCCC)OC(=O)CCCCCCCCCCCCC. The maximum Gasteiger partial charge on any atom is 0.472 e. The molecule has 19 heteroatoms. The normalized spacial score (nSPS) is 14.5. The Balaban J connectivity index is 5.14. The fourth-order valence-corrected chi connectivity index (χ4v) is 9.27. The molecule has 0 saturated heterocycles. The number of ether oxygens (including phenoxy) is 4. The molecule has 0 aromatic rings. The smallest absolute Gasteiger partial charge is 0.462 e. The van der Waals surface area contributed by atoms with Crippen LogP contribution in [-0.2, 0) is 65.4 Å². The van der Waals surface area contributed by atoms with Crippen molar-refractivity contribution in [3.63, 3.8) is 0 Å². The Kier molecular flexibility index (Phi) is 47.4. The maximum absolute atomic E-state index is 12.9. The van der Waals surface area contributed by atoms with E-state index in [4.69, 9.17) is 37.0 Å². The molecule has 0 fully saturated rings. The van der Waals surface area contributed by atoms with Crippen molar-refractivity contribution in [2.75, 3.05) is 39.6 Å². The molecule has 0 saturated carbocycles. The average Bonchev–Trinajstić information content (AvgIpc) is 3.35. The van der Waals surface area contributed by atoms with Crippen molar-refractivity contribution in [3.05, 3.63) is 0 Å². The molecule has 0 aromatic heterocycles. The second kappa shape index (κ2) is 48.7. The lowest BCUT2D eigenvalue weighted by Crippen LogP contribution is -2.30. The van der Waals surface area contributed by atoms with E-state index < -0.39 is 97.5 Å². The summed E-state index contributed by atoms with van der Waals surface area (Å²) in [5.74, 6) is -2.17. The number of carbonyl (C=O) groups excluding carboxylic acids is 4. The van der Waals surface area contributed by atoms with Gasteiger partial charge in [0, 0.05) is 25.7 Å². The van der Waals surface area contributed by atoms with Crippen LogP contribution >= 0.6 is 15.6 Å². The molecule has 0 spiro atoms. The molecular weight excluding hydrogens is 971 g/mol. The summed E-state index contributed by atoms with van der Waals surface area (Å²) in [7, 11) is -9.84. The fourth-order valence-electron chi connectivity index (χ4n) is 7.69. The lowest BCUT2D eigenvalue weighted by Gasteiger charge is -2.21. The third-order valence-electron chi connectivity index (χ3n) is 12.1. The van der Waals surface area contributed by atoms with Crippen LogP contribution in [0.5, 0.6) is 0 Å². The number of esters is 4. The number of phosphoric ester groups is 2. The molecule has 0 heterocycles. The fraction of sp³-hybridized carbons (Fsp3) is 0.925. The molecule has 72 heavy (non-hydrogen) atoms. The molecule has 0 radical (unpaired) electrons. The summed E-state index contributed by atoms with van der Waals surface area (Å²) >= 11 is 0. The van der Waals surface area contributed by atoms with Crippen LogP contribution in [0.25, 0.3) is 0 Å². The lowest BCUT2D eigenvalue weighted by atomic mass is 10.1. The number of unbranched alkanes of at least 4 members (excludes halogenated alkanes) is 28. The summed E-state index contributed by atoms with van der Waals surface area (Å²) in [5.41, 5.74) is 0. The second-order valence-electron chi connectivity index (χ2n) is 19.3. The number of hydrogen-bond donors (Lipinski definition) is 3. The van der Waals surface area contributed by atoms with Gasteiger partial charge in [-0.2, -0.15) is 0 Å². The molecule has 0 aromatic carbocycles. The first-order valence-corrected chi connectivity index (χ1v) is 31.3. The molecule has 0 rings (SSSR count). The monoisotopic (exact) mass is 1070 g/mol. The zero-order valence-electron chi connectivity index (χ0n) is 45.4. The molecule has 0 amide bonds. The van der Waals surface area contributed by atoms with Gasteiger partial charge in [0.15, 0.2) is 12.2 Å². The Morgan fingerprint density at radius 1 is 0.333 bits per heavy atom. The number of hydrogen-bond acceptors (Lipinski definition) is 15. The minimum atomic E-state index is -4.93. The molecule has 3 N–H and O–H groups in total. The lowest BCUT2D eigenvalue weighted by molar-refractivity contribution is -0.161. The van der Waals surface area contributed by atoms with E-state index in [1.54, 1.807) is 0 Å². The van der Waals surface area contributed by atoms with Crippen LogP contribution in [0.2, 0.25) is 0 Å². The topological polar surface area (TPSA) is 237 Å². The van der Waals surface area contributed by atoms with Gasteiger partial charge < -0.3 is 33.8 Å². The van der Waals surface area contributed by atoms with Crippen molar-refractivity contribution in [1.82, 2.24) is 0 Å². The summed E-state index contributed by atoms with van der Waals surface area (Å²) in [6.45, 7) is 4.62. The molecule has 2 unspecified atom stereocenters. The van der Waals surface area contributed by atoms with Gasteiger partial charge in [0.2, 0.25) is 0 Å². The summed E-state index contributed by atoms with van der Waals surface area (Å²) in [6.07, 6.45) is 30.0. The van der Waals surface area contributed by atoms with Crippen molar-refractivity contribution >= 4 is 39.5 Å². The highest BCUT2D eigenvalue weighted by atomic mass is 31.2. The standard InChI is InChI=1S/C53H102O17P2/c1-5-9-13-17-19-21-23-25-27-31-34-38-51(56)64-44-49(70-53(58)40-36-32-28-26-24-22-20-18-14-10-6-2)46-68-72(61,62)66-42-47(54)41-65-71(59,60)67-45-48(69-52(57)39-35-30-16-12-8-4)43-63-50(55)37-33-29-15-11-7-3/h47-49,54H,5-46H2,1-4H3,(H,59,60)(H,61,62)/t47-,48+,49+/m0/s1. The zero-order chi connectivity index (χ0) is 53.4. The van der Waals surface area contributed by atoms with E-state index in [1.165, 1.54) is 83.5 Å². The van der Waals surface area contributed by atoms with Gasteiger partial charge in [-0.05, 0) is 25.7 Å². The molecule has 426 valence electrons. The predicted molar refractivity (Wildman–Crippen MR) is 280 cm³/mol. The Morgan fingerprint density at radius 2 is 0.556 bits per heavy atom. The molecule has 0 aliphatic rings. The summed E-state index contributed by atoms with van der Waals surface area (Å²) < 4.78 is 67.1. The minimum Gasteiger partial charge on any atom is -0.462 e. The van der Waals surface area contributed by atoms with E-state index in [-0.39, 0.29) is 25.7 Å². The van der Waals surface area contributed by atoms with Gasteiger partial charge in [-0.3, -0.25) is 37.3 Å². The third-order valence-corrected chi connectivity index (χ3v) is 14.0. The van der Waals surface area contributed by atoms with E-state index in [0.717, 1.165) is 96.3 Å². The van der Waals surface area contributed by atoms with Crippen molar-refractivity contribution in [2.45, 2.75) is 277 Å². The van der Waals surface area contributed by atoms with Crippen LogP contribution in [0.4, 0.5) is 0 Å². The largest absolute Gasteiger partial charge is 0.472 e. The molecule has 5 atom stereocenters. The van der Waals surface area contributed by atoms with Gasteiger partial charge in [-0.15, -0.1) is 0 Å². The average molecular weight is 1070 g/mol. The predicted octanol–water partition coefficient (Wildman–Crippen LogP) is 13.6. The Morgan fingerprint density at radius 3 is 0.819 bits per heavy atom. The van der Waals surface area contributed by atoms with Crippen LogP contribution in [0, 0.1) is 0 Å². The highest BCUT2D eigenvalue weighted by Crippen LogP contribution is 2.45. The third kappa shape index (κ3) is 47.8. The summed E-state index contributed by atoms with van der Waals surface area (Å²) in [5, 5.41) is 10.4. The summed E-state index contributed by atoms with van der Waals surface area (Å²) in [4.78, 5) is 71.1. The van der Waals surface area contributed by atoms with E-state index in [0.29, 0.717) is 25.7 Å². The Hall–Kier alpha value is -1.94. The van der Waals surface area contributed by atoms with E-state index in [1.807, 2.05) is 0 Å². The van der Waals surface area contributed by atoms with Gasteiger partial charge in [-0.1, -0.05) is 207 Å². The number of aliphatic hydroxyl groups excluding tert-OH is 1. The van der Waals surface area contributed by atoms with Gasteiger partial charge in [0.05, 0.1) is 26.4 Å². The first-order chi connectivity index (χ1) is 34.7. The zero-order valence-corrected chi connectivity index (χ0v) is 47.2. The van der Waals surface area contributed by atoms with E-state index >= 15 is 0 Å². The van der Waals surface area contributed by atoms with Crippen molar-refractivity contribution < 1.29 is 80.2 Å². The van der Waals surface area contributed by atoms with Gasteiger partial charge in [-0.25, -0.2) is 9.13 Å². The molecule has 0 aliphatic carbocycles. The molecule has 17 nitrogen and oxygen atoms in total. The van der Waals surface area contributed by atoms with Gasteiger partial charge in [0.1, 0.15) is 19.3 Å². The van der Waals surface area contributed by atoms with E-state index in [9.17, 15) is 43.2 Å². The number of carbonyl (C=O) groups is 4. The number of phosphoric acid groups is 2. The Bertz CT molecular complexity index is 1420. The van der Waals surface area contributed by atoms with Crippen LogP contribution < -0.4 is 0 Å². The number of rotatable bonds is 54. The first kappa shape index (κ1) is 70.1. The highest BCUT2D eigenvalue weighted by Gasteiger charge is 2.30. The quantitative estimate of drug-likeness (QED) is 0.0222. The molecule has 0 bridgehead atoms. The molecule has 0 aliphatic heterocycles. The second-order valence-corrected chi connectivity index (χ2v) is 22.2. The highest BCUT2D eigenvalue weighted by molar-refractivity contribution is 7.47. The van der Waals surface area contributed by atoms with Crippen molar-refractivity contribution in [3.8, 4) is 0 Å². The van der Waals surface area contributed by atoms with Crippen LogP contribution in [-0.4, -0.2) is 96.7 Å². The summed E-state index contributed by atoms with van der Waals surface area (Å²) in [6, 6.07) is 0.